The van der Waals surface area contributed by atoms with Crippen LogP contribution in [0.1, 0.15) is 5.56 Å². The van der Waals surface area contributed by atoms with Gasteiger partial charge in [0.1, 0.15) is 0 Å². The number of nitrogens with zero attached hydrogens (tertiary/aromatic N) is 1. The zero-order valence-corrected chi connectivity index (χ0v) is 8.19. The molecule has 0 aliphatic carbocycles. The fourth-order valence-corrected chi connectivity index (χ4v) is 1.09. The lowest BCUT2D eigenvalue weighted by Gasteiger charge is -2.10. The molecule has 1 aromatic rings. The molecule has 0 saturated heterocycles. The molecule has 1 rings (SSSR count). The minimum atomic E-state index is -5.04. The molecule has 17 heavy (non-hydrogen) atoms. The summed E-state index contributed by atoms with van der Waals surface area (Å²) in [5, 5.41) is 15.7. The molecule has 4 N–H and O–H groups in total. The normalized spacial score (nSPS) is 11.0. The standard InChI is InChI=1S/C8H6F3N3O3/c9-8(10,11)17-7-2-5(13)4(3-12)1-6(7)14(15)16/h1-3,12H,13H2/p+1. The Hall–Kier alpha value is -2.32. The maximum absolute atomic E-state index is 12.0. The fourth-order valence-electron chi connectivity index (χ4n) is 1.09. The molecular weight excluding hydrogens is 243 g/mol. The van der Waals surface area contributed by atoms with Gasteiger partial charge >= 0.3 is 12.0 Å². The molecular formula is C8H7F3N3O3+. The maximum atomic E-state index is 12.0. The Morgan fingerprint density at radius 3 is 2.47 bits per heavy atom. The van der Waals surface area contributed by atoms with Crippen LogP contribution in [0.5, 0.6) is 5.75 Å². The van der Waals surface area contributed by atoms with Crippen LogP contribution >= 0.6 is 0 Å². The second kappa shape index (κ2) is 4.28. The monoisotopic (exact) mass is 250 g/mol. The van der Waals surface area contributed by atoms with Crippen LogP contribution in [0.4, 0.5) is 24.5 Å². The van der Waals surface area contributed by atoms with Crippen LogP contribution in [0.15, 0.2) is 12.1 Å². The van der Waals surface area contributed by atoms with Gasteiger partial charge in [-0.05, 0) is 0 Å². The number of alkyl halides is 3. The number of rotatable bonds is 3. The van der Waals surface area contributed by atoms with Crippen LogP contribution in [0, 0.1) is 10.1 Å². The second-order valence-electron chi connectivity index (χ2n) is 2.92. The number of nitro benzene ring substituents is 1. The number of halogens is 3. The van der Waals surface area contributed by atoms with Gasteiger partial charge in [-0.2, -0.15) is 0 Å². The molecule has 9 heteroatoms. The van der Waals surface area contributed by atoms with E-state index in [0.717, 1.165) is 12.3 Å². The van der Waals surface area contributed by atoms with E-state index < -0.39 is 22.7 Å². The quantitative estimate of drug-likeness (QED) is 0.347. The van der Waals surface area contributed by atoms with Gasteiger partial charge in [-0.25, -0.2) is 0 Å². The van der Waals surface area contributed by atoms with Gasteiger partial charge in [-0.15, -0.1) is 13.2 Å². The van der Waals surface area contributed by atoms with E-state index in [-0.39, 0.29) is 11.3 Å². The van der Waals surface area contributed by atoms with Crippen molar-refractivity contribution in [2.45, 2.75) is 6.36 Å². The first-order chi connectivity index (χ1) is 7.74. The maximum Gasteiger partial charge on any atom is 0.573 e. The average Bonchev–Trinajstić information content (AvgIpc) is 2.14. The molecule has 0 radical (unpaired) electrons. The molecule has 6 nitrogen and oxygen atoms in total. The Balaban J connectivity index is 3.33. The van der Waals surface area contributed by atoms with E-state index in [1.165, 1.54) is 0 Å². The molecule has 0 saturated carbocycles. The van der Waals surface area contributed by atoms with Gasteiger partial charge in [-0.3, -0.25) is 15.5 Å². The predicted molar refractivity (Wildman–Crippen MR) is 51.3 cm³/mol. The second-order valence-corrected chi connectivity index (χ2v) is 2.92. The highest BCUT2D eigenvalue weighted by Crippen LogP contribution is 2.34. The van der Waals surface area contributed by atoms with E-state index in [0.29, 0.717) is 6.07 Å². The highest BCUT2D eigenvalue weighted by atomic mass is 19.4. The van der Waals surface area contributed by atoms with Crippen molar-refractivity contribution in [3.63, 3.8) is 0 Å². The molecule has 0 unspecified atom stereocenters. The number of anilines is 1. The van der Waals surface area contributed by atoms with Crippen molar-refractivity contribution in [2.75, 3.05) is 5.73 Å². The summed E-state index contributed by atoms with van der Waals surface area (Å²) in [5.41, 5.74) is 4.36. The van der Waals surface area contributed by atoms with Gasteiger partial charge in [0, 0.05) is 17.8 Å². The minimum Gasteiger partial charge on any atom is -0.398 e. The number of nitrogens with two attached hydrogens (primary N) is 2. The number of nitro groups is 1. The van der Waals surface area contributed by atoms with Crippen LogP contribution in [0.25, 0.3) is 0 Å². The number of hydrogen-bond donors (Lipinski definition) is 2. The van der Waals surface area contributed by atoms with Crippen LogP contribution in [0.3, 0.4) is 0 Å². The van der Waals surface area contributed by atoms with Crippen molar-refractivity contribution in [3.05, 3.63) is 27.8 Å². The fraction of sp³-hybridized carbons (Fsp3) is 0.125. The Bertz CT molecular complexity index is 473. The van der Waals surface area contributed by atoms with E-state index in [4.69, 9.17) is 11.1 Å². The zero-order valence-electron chi connectivity index (χ0n) is 8.19. The van der Waals surface area contributed by atoms with E-state index in [9.17, 15) is 23.3 Å². The van der Waals surface area contributed by atoms with Crippen molar-refractivity contribution < 1.29 is 28.2 Å². The Morgan fingerprint density at radius 2 is 2.06 bits per heavy atom. The molecule has 0 bridgehead atoms. The van der Waals surface area contributed by atoms with E-state index in [1.807, 2.05) is 0 Å². The van der Waals surface area contributed by atoms with E-state index in [2.05, 4.69) is 4.74 Å². The van der Waals surface area contributed by atoms with E-state index in [1.54, 1.807) is 0 Å². The smallest absolute Gasteiger partial charge is 0.398 e. The van der Waals surface area contributed by atoms with Crippen LogP contribution < -0.4 is 15.9 Å². The topological polar surface area (TPSA) is 104 Å². The Morgan fingerprint density at radius 1 is 1.47 bits per heavy atom. The molecule has 0 heterocycles. The third-order valence-electron chi connectivity index (χ3n) is 1.77. The molecule has 1 aromatic carbocycles. The summed E-state index contributed by atoms with van der Waals surface area (Å²) in [5.74, 6) is -0.981. The summed E-state index contributed by atoms with van der Waals surface area (Å²) in [6.45, 7) is 0. The first-order valence-electron chi connectivity index (χ1n) is 4.13. The first kappa shape index (κ1) is 12.7. The highest BCUT2D eigenvalue weighted by Gasteiger charge is 2.35. The largest absolute Gasteiger partial charge is 0.573 e. The van der Waals surface area contributed by atoms with Crippen molar-refractivity contribution in [1.29, 1.82) is 0 Å². The van der Waals surface area contributed by atoms with Crippen molar-refractivity contribution in [1.82, 2.24) is 0 Å². The molecule has 0 aromatic heterocycles. The Kier molecular flexibility index (Phi) is 3.21. The van der Waals surface area contributed by atoms with Crippen molar-refractivity contribution in [3.8, 4) is 5.75 Å². The predicted octanol–water partition coefficient (Wildman–Crippen LogP) is 0.254. The molecule has 0 amide bonds. The molecule has 0 spiro atoms. The van der Waals surface area contributed by atoms with Crippen LogP contribution in [-0.2, 0) is 0 Å². The Labute approximate surface area is 92.4 Å². The SMILES string of the molecule is Nc1cc(OC(F)(F)F)c([N+](=O)[O-])cc1C=[NH2+]. The lowest BCUT2D eigenvalue weighted by Crippen LogP contribution is -2.30. The van der Waals surface area contributed by atoms with Gasteiger partial charge in [0.05, 0.1) is 10.5 Å². The summed E-state index contributed by atoms with van der Waals surface area (Å²) in [7, 11) is 0. The van der Waals surface area contributed by atoms with Gasteiger partial charge < -0.3 is 10.5 Å². The summed E-state index contributed by atoms with van der Waals surface area (Å²) >= 11 is 0. The lowest BCUT2D eigenvalue weighted by atomic mass is 10.1. The summed E-state index contributed by atoms with van der Waals surface area (Å²) in [6, 6.07) is 1.50. The summed E-state index contributed by atoms with van der Waals surface area (Å²) < 4.78 is 39.4. The minimum absolute atomic E-state index is 0.0474. The van der Waals surface area contributed by atoms with Crippen molar-refractivity contribution in [2.24, 2.45) is 0 Å². The first-order valence-corrected chi connectivity index (χ1v) is 4.13. The third-order valence-corrected chi connectivity index (χ3v) is 1.77. The molecule has 0 aliphatic rings. The van der Waals surface area contributed by atoms with Gasteiger partial charge in [0.2, 0.25) is 5.75 Å². The number of benzene rings is 1. The van der Waals surface area contributed by atoms with Crippen molar-refractivity contribution >= 4 is 17.6 Å². The van der Waals surface area contributed by atoms with E-state index >= 15 is 0 Å². The highest BCUT2D eigenvalue weighted by molar-refractivity contribution is 5.85. The number of nitrogen functional groups attached to an aromatic ring is 1. The molecule has 0 aliphatic heterocycles. The summed E-state index contributed by atoms with van der Waals surface area (Å²) in [6.07, 6.45) is -4.09. The third kappa shape index (κ3) is 3.06. The number of hydrogen-bond acceptors (Lipinski definition) is 4. The number of ether oxygens (including phenoxy) is 1. The van der Waals surface area contributed by atoms with Gasteiger partial charge in [0.15, 0.2) is 6.21 Å². The van der Waals surface area contributed by atoms with Crippen LogP contribution in [0.2, 0.25) is 0 Å². The average molecular weight is 250 g/mol. The van der Waals surface area contributed by atoms with Gasteiger partial charge in [0.25, 0.3) is 0 Å². The van der Waals surface area contributed by atoms with Gasteiger partial charge in [-0.1, -0.05) is 0 Å². The summed E-state index contributed by atoms with van der Waals surface area (Å²) in [4.78, 5) is 9.53. The molecule has 0 atom stereocenters. The molecule has 92 valence electrons. The van der Waals surface area contributed by atoms with Crippen LogP contribution in [-0.4, -0.2) is 17.5 Å². The molecule has 0 fully saturated rings. The zero-order chi connectivity index (χ0) is 13.2. The lowest BCUT2D eigenvalue weighted by molar-refractivity contribution is -0.388.